The SMILES string of the molecule is COCCOc1ccc(/C=C/C(O)c2c(-c3ccccc3)c3cc(F)ccc3[nH]c2=O)cn1. The van der Waals surface area contributed by atoms with Gasteiger partial charge in [-0.05, 0) is 35.4 Å². The Morgan fingerprint density at radius 3 is 2.67 bits per heavy atom. The third-order valence-electron chi connectivity index (χ3n) is 5.14. The Morgan fingerprint density at radius 1 is 1.12 bits per heavy atom. The molecule has 0 saturated carbocycles. The largest absolute Gasteiger partial charge is 0.475 e. The van der Waals surface area contributed by atoms with Crippen molar-refractivity contribution >= 4 is 17.0 Å². The van der Waals surface area contributed by atoms with Gasteiger partial charge in [-0.3, -0.25) is 4.79 Å². The fraction of sp³-hybridized carbons (Fsp3) is 0.154. The number of aliphatic hydroxyl groups excluding tert-OH is 1. The molecule has 7 heteroatoms. The maximum absolute atomic E-state index is 14.1. The summed E-state index contributed by atoms with van der Waals surface area (Å²) >= 11 is 0. The molecule has 1 atom stereocenters. The van der Waals surface area contributed by atoms with E-state index in [0.717, 1.165) is 5.56 Å². The summed E-state index contributed by atoms with van der Waals surface area (Å²) in [5, 5.41) is 11.5. The Hall–Kier alpha value is -3.81. The first kappa shape index (κ1) is 22.4. The van der Waals surface area contributed by atoms with E-state index >= 15 is 0 Å². The first-order valence-electron chi connectivity index (χ1n) is 10.4. The van der Waals surface area contributed by atoms with Crippen LogP contribution < -0.4 is 10.3 Å². The molecule has 4 aromatic rings. The van der Waals surface area contributed by atoms with Crippen molar-refractivity contribution in [3.8, 4) is 17.0 Å². The summed E-state index contributed by atoms with van der Waals surface area (Å²) in [6.45, 7) is 0.856. The normalized spacial score (nSPS) is 12.3. The summed E-state index contributed by atoms with van der Waals surface area (Å²) in [5.74, 6) is 0.0331. The smallest absolute Gasteiger partial charge is 0.255 e. The lowest BCUT2D eigenvalue weighted by Crippen LogP contribution is -2.17. The van der Waals surface area contributed by atoms with E-state index in [1.54, 1.807) is 31.5 Å². The zero-order chi connectivity index (χ0) is 23.2. The summed E-state index contributed by atoms with van der Waals surface area (Å²) in [6, 6.07) is 16.8. The van der Waals surface area contributed by atoms with Crippen LogP contribution in [0.3, 0.4) is 0 Å². The predicted octanol–water partition coefficient (Wildman–Crippen LogP) is 4.50. The number of pyridine rings is 2. The molecule has 0 saturated heterocycles. The number of aliphatic hydroxyl groups is 1. The second-order valence-electron chi connectivity index (χ2n) is 7.37. The molecule has 0 fully saturated rings. The number of methoxy groups -OCH3 is 1. The molecule has 0 amide bonds. The minimum Gasteiger partial charge on any atom is -0.475 e. The molecule has 4 rings (SSSR count). The number of H-pyrrole nitrogens is 1. The standard InChI is InChI=1S/C26H23FN2O4/c1-32-13-14-33-23-12-8-17(16-28-23)7-11-22(30)25-24(18-5-3-2-4-6-18)20-15-19(27)9-10-21(20)29-26(25)31/h2-12,15-16,22,30H,13-14H2,1H3,(H,29,31)/b11-7+. The predicted molar refractivity (Wildman–Crippen MR) is 126 cm³/mol. The summed E-state index contributed by atoms with van der Waals surface area (Å²) in [7, 11) is 1.59. The van der Waals surface area contributed by atoms with E-state index in [1.807, 2.05) is 30.3 Å². The zero-order valence-electron chi connectivity index (χ0n) is 18.0. The average molecular weight is 446 g/mol. The van der Waals surface area contributed by atoms with E-state index in [9.17, 15) is 14.3 Å². The molecule has 2 aromatic heterocycles. The Kier molecular flexibility index (Phi) is 6.92. The monoisotopic (exact) mass is 446 g/mol. The molecule has 2 N–H and O–H groups in total. The van der Waals surface area contributed by atoms with Crippen molar-refractivity contribution in [1.29, 1.82) is 0 Å². The number of aromatic amines is 1. The molecule has 0 aliphatic rings. The Labute approximate surface area is 190 Å². The average Bonchev–Trinajstić information content (AvgIpc) is 2.83. The van der Waals surface area contributed by atoms with Crippen LogP contribution in [0.2, 0.25) is 0 Å². The van der Waals surface area contributed by atoms with Crippen molar-refractivity contribution in [3.05, 3.63) is 100 Å². The minimum absolute atomic E-state index is 0.142. The van der Waals surface area contributed by atoms with Gasteiger partial charge in [-0.2, -0.15) is 0 Å². The van der Waals surface area contributed by atoms with Crippen LogP contribution in [0.4, 0.5) is 4.39 Å². The molecular weight excluding hydrogens is 423 g/mol. The molecule has 0 bridgehead atoms. The summed E-state index contributed by atoms with van der Waals surface area (Å²) in [5.41, 5.74) is 2.12. The molecular formula is C26H23FN2O4. The van der Waals surface area contributed by atoms with E-state index in [2.05, 4.69) is 9.97 Å². The first-order valence-corrected chi connectivity index (χ1v) is 10.4. The number of hydrogen-bond donors (Lipinski definition) is 2. The molecule has 2 heterocycles. The van der Waals surface area contributed by atoms with E-state index in [4.69, 9.17) is 9.47 Å². The van der Waals surface area contributed by atoms with Gasteiger partial charge in [0.25, 0.3) is 5.56 Å². The number of hydrogen-bond acceptors (Lipinski definition) is 5. The maximum atomic E-state index is 14.1. The fourth-order valence-electron chi connectivity index (χ4n) is 3.58. The summed E-state index contributed by atoms with van der Waals surface area (Å²) in [6.07, 6.45) is 3.54. The van der Waals surface area contributed by atoms with Gasteiger partial charge in [0.15, 0.2) is 0 Å². The summed E-state index contributed by atoms with van der Waals surface area (Å²) in [4.78, 5) is 19.9. The van der Waals surface area contributed by atoms with Gasteiger partial charge in [-0.15, -0.1) is 0 Å². The van der Waals surface area contributed by atoms with Gasteiger partial charge in [0, 0.05) is 35.8 Å². The number of halogens is 1. The van der Waals surface area contributed by atoms with E-state index < -0.39 is 17.5 Å². The van der Waals surface area contributed by atoms with Gasteiger partial charge in [-0.25, -0.2) is 9.37 Å². The van der Waals surface area contributed by atoms with Crippen LogP contribution in [0.15, 0.2) is 77.7 Å². The third kappa shape index (κ3) is 5.16. The molecule has 6 nitrogen and oxygen atoms in total. The van der Waals surface area contributed by atoms with Gasteiger partial charge in [0.2, 0.25) is 5.88 Å². The molecule has 1 unspecified atom stereocenters. The van der Waals surface area contributed by atoms with Crippen LogP contribution in [-0.2, 0) is 4.74 Å². The van der Waals surface area contributed by atoms with Crippen molar-refractivity contribution in [2.45, 2.75) is 6.10 Å². The van der Waals surface area contributed by atoms with E-state index in [1.165, 1.54) is 24.3 Å². The maximum Gasteiger partial charge on any atom is 0.255 e. The minimum atomic E-state index is -1.23. The number of fused-ring (bicyclic) bond motifs is 1. The number of nitrogens with one attached hydrogen (secondary N) is 1. The molecule has 33 heavy (non-hydrogen) atoms. The van der Waals surface area contributed by atoms with E-state index in [0.29, 0.717) is 41.1 Å². The van der Waals surface area contributed by atoms with Gasteiger partial charge >= 0.3 is 0 Å². The number of ether oxygens (including phenoxy) is 2. The van der Waals surface area contributed by atoms with Crippen LogP contribution in [0.25, 0.3) is 28.1 Å². The highest BCUT2D eigenvalue weighted by Gasteiger charge is 2.20. The van der Waals surface area contributed by atoms with Crippen LogP contribution in [0.1, 0.15) is 17.2 Å². The Bertz CT molecular complexity index is 1320. The van der Waals surface area contributed by atoms with Crippen molar-refractivity contribution < 1.29 is 19.0 Å². The van der Waals surface area contributed by atoms with Crippen LogP contribution >= 0.6 is 0 Å². The number of benzene rings is 2. The topological polar surface area (TPSA) is 84.4 Å². The molecule has 0 spiro atoms. The van der Waals surface area contributed by atoms with Crippen LogP contribution in [0, 0.1) is 5.82 Å². The second-order valence-corrected chi connectivity index (χ2v) is 7.37. The van der Waals surface area contributed by atoms with Crippen LogP contribution in [0.5, 0.6) is 5.88 Å². The molecule has 0 radical (unpaired) electrons. The van der Waals surface area contributed by atoms with Crippen LogP contribution in [-0.4, -0.2) is 35.4 Å². The number of rotatable bonds is 8. The third-order valence-corrected chi connectivity index (χ3v) is 5.14. The second kappa shape index (κ2) is 10.2. The quantitative estimate of drug-likeness (QED) is 0.389. The van der Waals surface area contributed by atoms with Crippen molar-refractivity contribution in [3.63, 3.8) is 0 Å². The molecule has 168 valence electrons. The first-order chi connectivity index (χ1) is 16.1. The lowest BCUT2D eigenvalue weighted by molar-refractivity contribution is 0.144. The Balaban J connectivity index is 1.70. The highest BCUT2D eigenvalue weighted by Crippen LogP contribution is 2.33. The summed E-state index contributed by atoms with van der Waals surface area (Å²) < 4.78 is 24.5. The zero-order valence-corrected chi connectivity index (χ0v) is 18.0. The van der Waals surface area contributed by atoms with Gasteiger partial charge in [0.1, 0.15) is 18.5 Å². The van der Waals surface area contributed by atoms with Gasteiger partial charge in [0.05, 0.1) is 12.2 Å². The highest BCUT2D eigenvalue weighted by molar-refractivity contribution is 5.96. The highest BCUT2D eigenvalue weighted by atomic mass is 19.1. The van der Waals surface area contributed by atoms with E-state index in [-0.39, 0.29) is 5.56 Å². The Morgan fingerprint density at radius 2 is 1.94 bits per heavy atom. The number of aromatic nitrogens is 2. The molecule has 0 aliphatic heterocycles. The lowest BCUT2D eigenvalue weighted by atomic mass is 9.93. The molecule has 2 aromatic carbocycles. The van der Waals surface area contributed by atoms with Crippen molar-refractivity contribution in [2.24, 2.45) is 0 Å². The van der Waals surface area contributed by atoms with Crippen molar-refractivity contribution in [1.82, 2.24) is 9.97 Å². The lowest BCUT2D eigenvalue weighted by Gasteiger charge is -2.15. The number of nitrogens with zero attached hydrogens (tertiary/aromatic N) is 1. The van der Waals surface area contributed by atoms with Gasteiger partial charge < -0.3 is 19.6 Å². The molecule has 0 aliphatic carbocycles. The fourth-order valence-corrected chi connectivity index (χ4v) is 3.58. The van der Waals surface area contributed by atoms with Crippen molar-refractivity contribution in [2.75, 3.05) is 20.3 Å². The van der Waals surface area contributed by atoms with Gasteiger partial charge in [-0.1, -0.05) is 42.5 Å².